The number of nitrogens with one attached hydrogen (secondary N) is 1. The van der Waals surface area contributed by atoms with Gasteiger partial charge in [-0.3, -0.25) is 4.79 Å². The summed E-state index contributed by atoms with van der Waals surface area (Å²) >= 11 is 0. The summed E-state index contributed by atoms with van der Waals surface area (Å²) in [6.45, 7) is -0.0237. The molecular weight excluding hydrogens is 230 g/mol. The van der Waals surface area contributed by atoms with Crippen LogP contribution >= 0.6 is 0 Å². The molecule has 0 saturated heterocycles. The number of anilines is 1. The summed E-state index contributed by atoms with van der Waals surface area (Å²) in [7, 11) is 0. The van der Waals surface area contributed by atoms with Crippen molar-refractivity contribution < 1.29 is 14.6 Å². The fourth-order valence-corrected chi connectivity index (χ4v) is 1.76. The monoisotopic (exact) mass is 245 g/mol. The molecule has 2 rings (SSSR count). The third-order valence-electron chi connectivity index (χ3n) is 2.57. The highest BCUT2D eigenvalue weighted by Gasteiger charge is 2.04. The molecule has 2 aromatic rings. The van der Waals surface area contributed by atoms with Gasteiger partial charge in [0.2, 0.25) is 0 Å². The molecule has 0 aromatic heterocycles. The topological polar surface area (TPSA) is 58.6 Å². The number of ether oxygens (including phenoxy) is 1. The fraction of sp³-hybridized carbons (Fsp3) is 0.214. The summed E-state index contributed by atoms with van der Waals surface area (Å²) < 4.78 is 4.77. The number of aliphatic hydroxyl groups excluding tert-OH is 1. The van der Waals surface area contributed by atoms with Crippen LogP contribution in [0.5, 0.6) is 0 Å². The van der Waals surface area contributed by atoms with E-state index in [2.05, 4.69) is 5.32 Å². The van der Waals surface area contributed by atoms with E-state index in [0.29, 0.717) is 0 Å². The van der Waals surface area contributed by atoms with Crippen LogP contribution in [0.3, 0.4) is 0 Å². The highest BCUT2D eigenvalue weighted by atomic mass is 16.5. The minimum Gasteiger partial charge on any atom is -0.462 e. The molecule has 0 fully saturated rings. The molecule has 0 aliphatic rings. The lowest BCUT2D eigenvalue weighted by atomic mass is 10.1. The number of esters is 1. The Bertz CT molecular complexity index is 534. The molecule has 0 unspecified atom stereocenters. The molecule has 0 atom stereocenters. The van der Waals surface area contributed by atoms with Gasteiger partial charge in [0.25, 0.3) is 0 Å². The van der Waals surface area contributed by atoms with Gasteiger partial charge in [-0.15, -0.1) is 0 Å². The zero-order valence-electron chi connectivity index (χ0n) is 9.93. The summed E-state index contributed by atoms with van der Waals surface area (Å²) in [5.41, 5.74) is 0.897. The molecule has 0 aliphatic carbocycles. The Balaban J connectivity index is 2.05. The first-order chi connectivity index (χ1) is 8.81. The van der Waals surface area contributed by atoms with E-state index < -0.39 is 0 Å². The molecule has 0 radical (unpaired) electrons. The lowest BCUT2D eigenvalue weighted by molar-refractivity contribution is -0.142. The number of benzene rings is 2. The van der Waals surface area contributed by atoms with Gasteiger partial charge >= 0.3 is 5.97 Å². The van der Waals surface area contributed by atoms with Crippen molar-refractivity contribution in [2.75, 3.05) is 25.1 Å². The van der Waals surface area contributed by atoms with Crippen molar-refractivity contribution in [1.82, 2.24) is 0 Å². The van der Waals surface area contributed by atoms with Gasteiger partial charge in [0, 0.05) is 11.1 Å². The van der Waals surface area contributed by atoms with Gasteiger partial charge < -0.3 is 15.2 Å². The largest absolute Gasteiger partial charge is 0.462 e. The SMILES string of the molecule is O=C(CNc1cccc2ccccc12)OCCO. The van der Waals surface area contributed by atoms with Crippen molar-refractivity contribution in [2.45, 2.75) is 0 Å². The molecule has 2 aromatic carbocycles. The maximum atomic E-state index is 11.3. The number of carbonyl (C=O) groups excluding carboxylic acids is 1. The number of hydrogen-bond acceptors (Lipinski definition) is 4. The van der Waals surface area contributed by atoms with Crippen LogP contribution in [0.15, 0.2) is 42.5 Å². The molecule has 0 bridgehead atoms. The molecule has 0 saturated carbocycles. The fourth-order valence-electron chi connectivity index (χ4n) is 1.76. The molecule has 0 spiro atoms. The predicted octanol–water partition coefficient (Wildman–Crippen LogP) is 1.79. The normalized spacial score (nSPS) is 10.3. The second kappa shape index (κ2) is 6.02. The number of carbonyl (C=O) groups is 1. The number of hydrogen-bond donors (Lipinski definition) is 2. The average Bonchev–Trinajstić information content (AvgIpc) is 2.42. The van der Waals surface area contributed by atoms with E-state index in [9.17, 15) is 4.79 Å². The smallest absolute Gasteiger partial charge is 0.325 e. The maximum absolute atomic E-state index is 11.3. The van der Waals surface area contributed by atoms with Crippen LogP contribution < -0.4 is 5.32 Å². The highest BCUT2D eigenvalue weighted by molar-refractivity contribution is 5.94. The Morgan fingerprint density at radius 2 is 1.94 bits per heavy atom. The summed E-state index contributed by atoms with van der Waals surface area (Å²) in [5, 5.41) is 13.8. The second-order valence-electron chi connectivity index (χ2n) is 3.82. The van der Waals surface area contributed by atoms with Crippen LogP contribution in [-0.2, 0) is 9.53 Å². The minimum absolute atomic E-state index is 0.0377. The number of rotatable bonds is 5. The first kappa shape index (κ1) is 12.4. The van der Waals surface area contributed by atoms with Crippen molar-refractivity contribution >= 4 is 22.4 Å². The van der Waals surface area contributed by atoms with Gasteiger partial charge in [-0.2, -0.15) is 0 Å². The Kier molecular flexibility index (Phi) is 4.15. The first-order valence-corrected chi connectivity index (χ1v) is 5.79. The molecule has 0 amide bonds. The molecule has 0 aliphatic heterocycles. The Labute approximate surface area is 105 Å². The molecular formula is C14H15NO3. The minimum atomic E-state index is -0.378. The molecule has 2 N–H and O–H groups in total. The summed E-state index contributed by atoms with van der Waals surface area (Å²) in [6.07, 6.45) is 0. The third kappa shape index (κ3) is 2.99. The lowest BCUT2D eigenvalue weighted by Crippen LogP contribution is -2.18. The summed E-state index contributed by atoms with van der Waals surface area (Å²) in [5.74, 6) is -0.378. The van der Waals surface area contributed by atoms with Crippen LogP contribution in [0.4, 0.5) is 5.69 Å². The van der Waals surface area contributed by atoms with Crippen molar-refractivity contribution in [3.05, 3.63) is 42.5 Å². The zero-order valence-corrected chi connectivity index (χ0v) is 9.93. The van der Waals surface area contributed by atoms with Crippen molar-refractivity contribution in [3.8, 4) is 0 Å². The third-order valence-corrected chi connectivity index (χ3v) is 2.57. The van der Waals surface area contributed by atoms with Crippen molar-refractivity contribution in [3.63, 3.8) is 0 Å². The highest BCUT2D eigenvalue weighted by Crippen LogP contribution is 2.22. The average molecular weight is 245 g/mol. The van der Waals surface area contributed by atoms with Crippen molar-refractivity contribution in [1.29, 1.82) is 0 Å². The summed E-state index contributed by atoms with van der Waals surface area (Å²) in [4.78, 5) is 11.3. The van der Waals surface area contributed by atoms with E-state index in [0.717, 1.165) is 16.5 Å². The quantitative estimate of drug-likeness (QED) is 0.788. The Morgan fingerprint density at radius 1 is 1.17 bits per heavy atom. The van der Waals surface area contributed by atoms with Gasteiger partial charge in [-0.05, 0) is 11.5 Å². The van der Waals surface area contributed by atoms with Crippen LogP contribution in [0.1, 0.15) is 0 Å². The molecule has 18 heavy (non-hydrogen) atoms. The van der Waals surface area contributed by atoms with E-state index in [-0.39, 0.29) is 25.7 Å². The van der Waals surface area contributed by atoms with E-state index in [1.165, 1.54) is 0 Å². The lowest BCUT2D eigenvalue weighted by Gasteiger charge is -2.09. The van der Waals surface area contributed by atoms with E-state index in [4.69, 9.17) is 9.84 Å². The van der Waals surface area contributed by atoms with Gasteiger partial charge in [0.1, 0.15) is 13.2 Å². The summed E-state index contributed by atoms with van der Waals surface area (Å²) in [6, 6.07) is 13.8. The second-order valence-corrected chi connectivity index (χ2v) is 3.82. The molecule has 94 valence electrons. The van der Waals surface area contributed by atoms with Gasteiger partial charge in [-0.25, -0.2) is 0 Å². The molecule has 4 nitrogen and oxygen atoms in total. The van der Waals surface area contributed by atoms with Gasteiger partial charge in [0.05, 0.1) is 6.61 Å². The molecule has 4 heteroatoms. The van der Waals surface area contributed by atoms with Crippen LogP contribution in [0.2, 0.25) is 0 Å². The molecule has 0 heterocycles. The van der Waals surface area contributed by atoms with E-state index in [1.54, 1.807) is 0 Å². The van der Waals surface area contributed by atoms with Gasteiger partial charge in [-0.1, -0.05) is 36.4 Å². The van der Waals surface area contributed by atoms with Crippen LogP contribution in [0.25, 0.3) is 10.8 Å². The van der Waals surface area contributed by atoms with E-state index >= 15 is 0 Å². The van der Waals surface area contributed by atoms with Gasteiger partial charge in [0.15, 0.2) is 0 Å². The number of aliphatic hydroxyl groups is 1. The van der Waals surface area contributed by atoms with Crippen LogP contribution in [0, 0.1) is 0 Å². The van der Waals surface area contributed by atoms with E-state index in [1.807, 2.05) is 42.5 Å². The standard InChI is InChI=1S/C14H15NO3/c16-8-9-18-14(17)10-15-13-7-3-5-11-4-1-2-6-12(11)13/h1-7,15-16H,8-10H2. The van der Waals surface area contributed by atoms with Crippen LogP contribution in [-0.4, -0.2) is 30.8 Å². The van der Waals surface area contributed by atoms with Crippen molar-refractivity contribution in [2.24, 2.45) is 0 Å². The Morgan fingerprint density at radius 3 is 2.78 bits per heavy atom. The zero-order chi connectivity index (χ0) is 12.8. The first-order valence-electron chi connectivity index (χ1n) is 5.79. The predicted molar refractivity (Wildman–Crippen MR) is 70.5 cm³/mol. The maximum Gasteiger partial charge on any atom is 0.325 e. The number of fused-ring (bicyclic) bond motifs is 1. The Hall–Kier alpha value is -2.07.